The van der Waals surface area contributed by atoms with E-state index in [1.54, 1.807) is 18.2 Å². The number of ether oxygens (including phenoxy) is 2. The lowest BCUT2D eigenvalue weighted by atomic mass is 10.1. The summed E-state index contributed by atoms with van der Waals surface area (Å²) in [4.78, 5) is 21.1. The maximum absolute atomic E-state index is 12.4. The molecule has 0 radical (unpaired) electrons. The first kappa shape index (κ1) is 17.8. The zero-order valence-electron chi connectivity index (χ0n) is 15.0. The molecule has 138 valence electrons. The Hall–Kier alpha value is -3.03. The average Bonchev–Trinajstić information content (AvgIpc) is 2.64. The van der Waals surface area contributed by atoms with E-state index in [9.17, 15) is 4.79 Å². The van der Waals surface area contributed by atoms with Crippen molar-refractivity contribution >= 4 is 17.5 Å². The van der Waals surface area contributed by atoms with Crippen LogP contribution in [0, 0.1) is 6.92 Å². The number of benzene rings is 1. The third-order valence-corrected chi connectivity index (χ3v) is 3.72. The maximum Gasteiger partial charge on any atom is 0.255 e. The number of carbonyl (C=O) groups excluding carboxylic acids is 1. The molecule has 0 aliphatic carbocycles. The van der Waals surface area contributed by atoms with Gasteiger partial charge in [-0.25, -0.2) is 9.97 Å². The summed E-state index contributed by atoms with van der Waals surface area (Å²) in [5.74, 6) is 3.10. The second kappa shape index (κ2) is 8.37. The number of rotatable bonds is 7. The molecule has 0 saturated carbocycles. The minimum atomic E-state index is -0.193. The van der Waals surface area contributed by atoms with Gasteiger partial charge in [-0.15, -0.1) is 0 Å². The van der Waals surface area contributed by atoms with Gasteiger partial charge >= 0.3 is 0 Å². The van der Waals surface area contributed by atoms with Crippen LogP contribution >= 0.6 is 0 Å². The first-order chi connectivity index (χ1) is 12.7. The molecule has 0 bridgehead atoms. The molecule has 1 aliphatic heterocycles. The van der Waals surface area contributed by atoms with Crippen molar-refractivity contribution in [1.29, 1.82) is 0 Å². The Morgan fingerprint density at radius 1 is 1.12 bits per heavy atom. The number of aromatic nitrogens is 2. The molecule has 3 rings (SSSR count). The van der Waals surface area contributed by atoms with E-state index in [-0.39, 0.29) is 5.91 Å². The van der Waals surface area contributed by atoms with E-state index in [2.05, 4.69) is 25.9 Å². The smallest absolute Gasteiger partial charge is 0.255 e. The molecule has 26 heavy (non-hydrogen) atoms. The number of aryl methyl sites for hydroxylation is 1. The SMILES string of the molecule is CCNc1cc(NCCNC(=O)c2cccc3c2OCCO3)nc(C)n1. The molecule has 0 saturated heterocycles. The Morgan fingerprint density at radius 3 is 2.69 bits per heavy atom. The number of hydrogen-bond acceptors (Lipinski definition) is 7. The fourth-order valence-corrected chi connectivity index (χ4v) is 2.64. The Balaban J connectivity index is 1.53. The van der Waals surface area contributed by atoms with Gasteiger partial charge in [-0.2, -0.15) is 0 Å². The van der Waals surface area contributed by atoms with Gasteiger partial charge in [0.1, 0.15) is 30.7 Å². The molecule has 1 aromatic heterocycles. The fraction of sp³-hybridized carbons (Fsp3) is 0.389. The molecule has 8 nitrogen and oxygen atoms in total. The molecule has 0 unspecified atom stereocenters. The molecule has 1 aromatic carbocycles. The predicted molar refractivity (Wildman–Crippen MR) is 99.2 cm³/mol. The van der Waals surface area contributed by atoms with E-state index >= 15 is 0 Å². The van der Waals surface area contributed by atoms with Crippen molar-refractivity contribution in [3.05, 3.63) is 35.7 Å². The van der Waals surface area contributed by atoms with Crippen LogP contribution in [0.1, 0.15) is 23.1 Å². The average molecular weight is 357 g/mol. The van der Waals surface area contributed by atoms with E-state index in [1.807, 2.05) is 19.9 Å². The van der Waals surface area contributed by atoms with E-state index in [0.29, 0.717) is 49.2 Å². The highest BCUT2D eigenvalue weighted by atomic mass is 16.6. The summed E-state index contributed by atoms with van der Waals surface area (Å²) in [7, 11) is 0. The van der Waals surface area contributed by atoms with Crippen LogP contribution in [-0.4, -0.2) is 48.7 Å². The van der Waals surface area contributed by atoms with Gasteiger partial charge in [0.25, 0.3) is 5.91 Å². The monoisotopic (exact) mass is 357 g/mol. The molecule has 8 heteroatoms. The lowest BCUT2D eigenvalue weighted by Gasteiger charge is -2.20. The predicted octanol–water partition coefficient (Wildman–Crippen LogP) is 1.83. The summed E-state index contributed by atoms with van der Waals surface area (Å²) >= 11 is 0. The van der Waals surface area contributed by atoms with Crippen molar-refractivity contribution in [3.8, 4) is 11.5 Å². The number of carbonyl (C=O) groups is 1. The third kappa shape index (κ3) is 4.33. The summed E-state index contributed by atoms with van der Waals surface area (Å²) in [6.07, 6.45) is 0. The van der Waals surface area contributed by atoms with Crippen LogP contribution < -0.4 is 25.4 Å². The van der Waals surface area contributed by atoms with Gasteiger partial charge in [0.05, 0.1) is 5.56 Å². The van der Waals surface area contributed by atoms with Crippen molar-refractivity contribution in [2.45, 2.75) is 13.8 Å². The van der Waals surface area contributed by atoms with Crippen LogP contribution in [-0.2, 0) is 0 Å². The Kier molecular flexibility index (Phi) is 5.73. The fourth-order valence-electron chi connectivity index (χ4n) is 2.64. The molecule has 0 spiro atoms. The van der Waals surface area contributed by atoms with Crippen molar-refractivity contribution < 1.29 is 14.3 Å². The quantitative estimate of drug-likeness (QED) is 0.650. The lowest BCUT2D eigenvalue weighted by molar-refractivity contribution is 0.0944. The zero-order chi connectivity index (χ0) is 18.4. The van der Waals surface area contributed by atoms with Crippen LogP contribution in [0.25, 0.3) is 0 Å². The molecule has 0 atom stereocenters. The molecule has 3 N–H and O–H groups in total. The number of amides is 1. The highest BCUT2D eigenvalue weighted by Gasteiger charge is 2.19. The zero-order valence-corrected chi connectivity index (χ0v) is 15.0. The minimum Gasteiger partial charge on any atom is -0.486 e. The van der Waals surface area contributed by atoms with E-state index < -0.39 is 0 Å². The topological polar surface area (TPSA) is 97.4 Å². The number of anilines is 2. The molecule has 2 aromatic rings. The number of hydrogen-bond donors (Lipinski definition) is 3. The summed E-state index contributed by atoms with van der Waals surface area (Å²) < 4.78 is 11.1. The standard InChI is InChI=1S/C18H23N5O3/c1-3-19-15-11-16(23-12(2)22-15)20-7-8-21-18(24)13-5-4-6-14-17(13)26-10-9-25-14/h4-6,11H,3,7-10H2,1-2H3,(H,21,24)(H2,19,20,22,23). The molecule has 1 aliphatic rings. The van der Waals surface area contributed by atoms with Crippen LogP contribution in [0.5, 0.6) is 11.5 Å². The van der Waals surface area contributed by atoms with Crippen molar-refractivity contribution in [3.63, 3.8) is 0 Å². The number of nitrogens with zero attached hydrogens (tertiary/aromatic N) is 2. The third-order valence-electron chi connectivity index (χ3n) is 3.72. The molecule has 0 fully saturated rings. The summed E-state index contributed by atoms with van der Waals surface area (Å²) in [6, 6.07) is 7.16. The van der Waals surface area contributed by atoms with Gasteiger partial charge in [0, 0.05) is 25.7 Å². The molecular formula is C18H23N5O3. The van der Waals surface area contributed by atoms with Crippen LogP contribution in [0.3, 0.4) is 0 Å². The van der Waals surface area contributed by atoms with Gasteiger partial charge < -0.3 is 25.4 Å². The van der Waals surface area contributed by atoms with Gasteiger partial charge in [0.15, 0.2) is 11.5 Å². The normalized spacial score (nSPS) is 12.4. The second-order valence-electron chi connectivity index (χ2n) is 5.73. The van der Waals surface area contributed by atoms with Gasteiger partial charge in [-0.05, 0) is 26.0 Å². The van der Waals surface area contributed by atoms with Crippen LogP contribution in [0.4, 0.5) is 11.6 Å². The highest BCUT2D eigenvalue weighted by molar-refractivity contribution is 5.97. The lowest BCUT2D eigenvalue weighted by Crippen LogP contribution is -2.30. The van der Waals surface area contributed by atoms with Crippen LogP contribution in [0.2, 0.25) is 0 Å². The first-order valence-corrected chi connectivity index (χ1v) is 8.67. The Morgan fingerprint density at radius 2 is 1.88 bits per heavy atom. The maximum atomic E-state index is 12.4. The highest BCUT2D eigenvalue weighted by Crippen LogP contribution is 2.33. The largest absolute Gasteiger partial charge is 0.486 e. The molecule has 2 heterocycles. The van der Waals surface area contributed by atoms with Crippen molar-refractivity contribution in [2.75, 3.05) is 43.5 Å². The van der Waals surface area contributed by atoms with Gasteiger partial charge in [0.2, 0.25) is 0 Å². The summed E-state index contributed by atoms with van der Waals surface area (Å²) in [5, 5.41) is 9.23. The summed E-state index contributed by atoms with van der Waals surface area (Å²) in [5.41, 5.74) is 0.481. The minimum absolute atomic E-state index is 0.193. The first-order valence-electron chi connectivity index (χ1n) is 8.67. The number of para-hydroxylation sites is 1. The Labute approximate surface area is 152 Å². The molecule has 1 amide bonds. The summed E-state index contributed by atoms with van der Waals surface area (Å²) in [6.45, 7) is 6.57. The van der Waals surface area contributed by atoms with E-state index in [4.69, 9.17) is 9.47 Å². The molecular weight excluding hydrogens is 334 g/mol. The van der Waals surface area contributed by atoms with Crippen molar-refractivity contribution in [1.82, 2.24) is 15.3 Å². The number of fused-ring (bicyclic) bond motifs is 1. The van der Waals surface area contributed by atoms with Gasteiger partial charge in [-0.3, -0.25) is 4.79 Å². The Bertz CT molecular complexity index is 781. The van der Waals surface area contributed by atoms with E-state index in [0.717, 1.165) is 18.2 Å². The second-order valence-corrected chi connectivity index (χ2v) is 5.73. The number of nitrogens with one attached hydrogen (secondary N) is 3. The van der Waals surface area contributed by atoms with E-state index in [1.165, 1.54) is 0 Å². The van der Waals surface area contributed by atoms with Crippen molar-refractivity contribution in [2.24, 2.45) is 0 Å². The van der Waals surface area contributed by atoms with Gasteiger partial charge in [-0.1, -0.05) is 6.07 Å². The van der Waals surface area contributed by atoms with Crippen LogP contribution in [0.15, 0.2) is 24.3 Å².